The van der Waals surface area contributed by atoms with Crippen molar-refractivity contribution in [2.45, 2.75) is 12.6 Å². The second kappa shape index (κ2) is 9.90. The molecule has 1 aromatic heterocycles. The fraction of sp³-hybridized carbons (Fsp3) is 0.143. The maximum Gasteiger partial charge on any atom is 0.250 e. The monoisotopic (exact) mass is 595 g/mol. The predicted octanol–water partition coefficient (Wildman–Crippen LogP) is 6.13. The maximum atomic E-state index is 15.2. The van der Waals surface area contributed by atoms with Gasteiger partial charge in [-0.25, -0.2) is 17.9 Å². The molecule has 3 heterocycles. The summed E-state index contributed by atoms with van der Waals surface area (Å²) in [6.45, 7) is 3.49. The number of nitrogens with zero attached hydrogens (tertiary/aromatic N) is 3. The van der Waals surface area contributed by atoms with Crippen LogP contribution in [0.25, 0.3) is 16.9 Å². The molecule has 198 valence electrons. The second-order valence-electron chi connectivity index (χ2n) is 9.16. The fourth-order valence-corrected chi connectivity index (χ4v) is 5.03. The molecule has 7 nitrogen and oxygen atoms in total. The van der Waals surface area contributed by atoms with E-state index in [2.05, 4.69) is 33.1 Å². The third-order valence-electron chi connectivity index (χ3n) is 6.66. The van der Waals surface area contributed by atoms with E-state index in [0.717, 1.165) is 10.2 Å². The van der Waals surface area contributed by atoms with Crippen LogP contribution in [0.2, 0.25) is 0 Å². The van der Waals surface area contributed by atoms with Crippen LogP contribution in [0.3, 0.4) is 0 Å². The van der Waals surface area contributed by atoms with Gasteiger partial charge < -0.3 is 20.3 Å². The largest absolute Gasteiger partial charge is 0.344 e. The summed E-state index contributed by atoms with van der Waals surface area (Å²) >= 11 is 3.42. The van der Waals surface area contributed by atoms with E-state index in [1.165, 1.54) is 23.1 Å². The van der Waals surface area contributed by atoms with E-state index in [1.807, 2.05) is 24.3 Å². The van der Waals surface area contributed by atoms with Crippen molar-refractivity contribution >= 4 is 33.2 Å². The maximum absolute atomic E-state index is 15.2. The number of aromatic nitrogens is 2. The van der Waals surface area contributed by atoms with Crippen molar-refractivity contribution < 1.29 is 22.7 Å². The van der Waals surface area contributed by atoms with Crippen LogP contribution in [0.5, 0.6) is 0 Å². The molecule has 39 heavy (non-hydrogen) atoms. The minimum Gasteiger partial charge on any atom is -0.344 e. The summed E-state index contributed by atoms with van der Waals surface area (Å²) in [7, 11) is 0. The van der Waals surface area contributed by atoms with E-state index in [1.54, 1.807) is 23.0 Å². The van der Waals surface area contributed by atoms with Gasteiger partial charge in [0.05, 0.1) is 11.4 Å². The molecule has 2 aliphatic heterocycles. The second-order valence-corrected chi connectivity index (χ2v) is 10.1. The number of ether oxygens (including phenoxy) is 1. The Bertz CT molecular complexity index is 1610. The third kappa shape index (κ3) is 4.68. The molecule has 1 saturated heterocycles. The number of hydrogen-bond acceptors (Lipinski definition) is 5. The number of amides is 1. The molecular weight excluding hydrogens is 575 g/mol. The number of halogens is 4. The fourth-order valence-electron chi connectivity index (χ4n) is 4.77. The molecule has 3 aromatic carbocycles. The predicted molar refractivity (Wildman–Crippen MR) is 144 cm³/mol. The first-order chi connectivity index (χ1) is 18.8. The zero-order valence-electron chi connectivity index (χ0n) is 20.3. The average Bonchev–Trinajstić information content (AvgIpc) is 3.61. The summed E-state index contributed by atoms with van der Waals surface area (Å²) in [5.41, 5.74) is 2.67. The van der Waals surface area contributed by atoms with Crippen molar-refractivity contribution in [1.82, 2.24) is 14.7 Å². The smallest absolute Gasteiger partial charge is 0.250 e. The van der Waals surface area contributed by atoms with E-state index in [9.17, 15) is 13.6 Å². The van der Waals surface area contributed by atoms with E-state index in [-0.39, 0.29) is 42.4 Å². The molecule has 1 atom stereocenters. The molecule has 2 N–H and O–H groups in total. The summed E-state index contributed by atoms with van der Waals surface area (Å²) in [5.74, 6) is -1.84. The van der Waals surface area contributed by atoms with Crippen LogP contribution < -0.4 is 10.6 Å². The van der Waals surface area contributed by atoms with Gasteiger partial charge in [-0.3, -0.25) is 4.79 Å². The SMILES string of the molecule is C=C1Nc2cc(F)c(CCN3C(=O)COC3c3cn(-c4ccc(Br)cc4)nc3-c3ccc(F)cc3)c(F)c2N1. The lowest BCUT2D eigenvalue weighted by Crippen LogP contribution is -2.31. The molecule has 11 heteroatoms. The zero-order valence-corrected chi connectivity index (χ0v) is 21.9. The lowest BCUT2D eigenvalue weighted by Gasteiger charge is -2.23. The van der Waals surface area contributed by atoms with Gasteiger partial charge >= 0.3 is 0 Å². The molecule has 2 aliphatic rings. The number of hydrogen-bond donors (Lipinski definition) is 2. The van der Waals surface area contributed by atoms with E-state index in [4.69, 9.17) is 9.84 Å². The number of carbonyl (C=O) groups is 1. The van der Waals surface area contributed by atoms with Gasteiger partial charge in [0.15, 0.2) is 12.0 Å². The first kappa shape index (κ1) is 25.2. The summed E-state index contributed by atoms with van der Waals surface area (Å²) in [4.78, 5) is 14.3. The molecule has 0 aliphatic carbocycles. The Morgan fingerprint density at radius 2 is 1.82 bits per heavy atom. The summed E-state index contributed by atoms with van der Waals surface area (Å²) in [6, 6.07) is 14.5. The highest BCUT2D eigenvalue weighted by Gasteiger charge is 2.36. The van der Waals surface area contributed by atoms with Gasteiger partial charge in [-0.05, 0) is 61.0 Å². The summed E-state index contributed by atoms with van der Waals surface area (Å²) in [5, 5.41) is 10.3. The number of benzene rings is 3. The van der Waals surface area contributed by atoms with Crippen molar-refractivity contribution in [1.29, 1.82) is 0 Å². The highest BCUT2D eigenvalue weighted by Crippen LogP contribution is 2.38. The molecule has 1 fully saturated rings. The first-order valence-electron chi connectivity index (χ1n) is 12.0. The van der Waals surface area contributed by atoms with Crippen LogP contribution in [0.4, 0.5) is 24.5 Å². The Morgan fingerprint density at radius 1 is 1.08 bits per heavy atom. The van der Waals surface area contributed by atoms with Crippen LogP contribution in [0.15, 0.2) is 77.7 Å². The standard InChI is InChI=1S/C28H21BrF3N5O2/c1-15-33-23-12-22(31)20(25(32)27(23)34-15)10-11-36-24(38)14-39-28(36)21-13-37(19-8-4-17(29)5-9-19)35-26(21)16-2-6-18(30)7-3-16/h2-9,12-13,28,33-34H,1,10-11,14H2. The van der Waals surface area contributed by atoms with Gasteiger partial charge in [0.1, 0.15) is 35.4 Å². The molecule has 0 saturated carbocycles. The lowest BCUT2D eigenvalue weighted by molar-refractivity contribution is -0.128. The Hall–Kier alpha value is -4.09. The van der Waals surface area contributed by atoms with Crippen molar-refractivity contribution in [3.05, 3.63) is 106 Å². The van der Waals surface area contributed by atoms with Gasteiger partial charge in [-0.1, -0.05) is 22.5 Å². The lowest BCUT2D eigenvalue weighted by atomic mass is 10.1. The minimum absolute atomic E-state index is 0.00315. The Labute approximate surface area is 230 Å². The first-order valence-corrected chi connectivity index (χ1v) is 12.8. The molecule has 0 bridgehead atoms. The van der Waals surface area contributed by atoms with Crippen molar-refractivity contribution in [2.75, 3.05) is 23.8 Å². The van der Waals surface area contributed by atoms with Crippen molar-refractivity contribution in [3.8, 4) is 16.9 Å². The number of nitrogens with one attached hydrogen (secondary N) is 2. The number of anilines is 2. The molecule has 6 rings (SSSR count). The Morgan fingerprint density at radius 3 is 2.56 bits per heavy atom. The van der Waals surface area contributed by atoms with Gasteiger partial charge in [0.2, 0.25) is 0 Å². The molecular formula is C28H21BrF3N5O2. The minimum atomic E-state index is -0.859. The Kier molecular flexibility index (Phi) is 6.40. The topological polar surface area (TPSA) is 71.4 Å². The Balaban J connectivity index is 1.35. The summed E-state index contributed by atoms with van der Waals surface area (Å²) in [6.07, 6.45) is 0.801. The highest BCUT2D eigenvalue weighted by atomic mass is 79.9. The van der Waals surface area contributed by atoms with E-state index < -0.39 is 23.7 Å². The van der Waals surface area contributed by atoms with Crippen LogP contribution in [0, 0.1) is 17.5 Å². The highest BCUT2D eigenvalue weighted by molar-refractivity contribution is 9.10. The van der Waals surface area contributed by atoms with Crippen molar-refractivity contribution in [3.63, 3.8) is 0 Å². The zero-order chi connectivity index (χ0) is 27.3. The van der Waals surface area contributed by atoms with Crippen LogP contribution in [-0.4, -0.2) is 33.7 Å². The van der Waals surface area contributed by atoms with Crippen molar-refractivity contribution in [2.24, 2.45) is 0 Å². The van der Waals surface area contributed by atoms with Gasteiger partial charge in [-0.2, -0.15) is 5.10 Å². The number of fused-ring (bicyclic) bond motifs is 1. The van der Waals surface area contributed by atoms with Gasteiger partial charge in [0, 0.05) is 33.9 Å². The average molecular weight is 596 g/mol. The summed E-state index contributed by atoms with van der Waals surface area (Å²) < 4.78 is 52.1. The van der Waals surface area contributed by atoms with E-state index >= 15 is 4.39 Å². The molecule has 0 spiro atoms. The number of rotatable bonds is 6. The van der Waals surface area contributed by atoms with Crippen LogP contribution >= 0.6 is 15.9 Å². The molecule has 4 aromatic rings. The molecule has 1 unspecified atom stereocenters. The molecule has 0 radical (unpaired) electrons. The van der Waals surface area contributed by atoms with Crippen LogP contribution in [-0.2, 0) is 16.0 Å². The van der Waals surface area contributed by atoms with Gasteiger partial charge in [-0.15, -0.1) is 0 Å². The van der Waals surface area contributed by atoms with E-state index in [0.29, 0.717) is 22.6 Å². The van der Waals surface area contributed by atoms with Gasteiger partial charge in [0.25, 0.3) is 5.91 Å². The quantitative estimate of drug-likeness (QED) is 0.281. The molecule has 1 amide bonds. The normalized spacial score (nSPS) is 16.4. The number of carbonyl (C=O) groups excluding carboxylic acids is 1. The third-order valence-corrected chi connectivity index (χ3v) is 7.19. The van der Waals surface area contributed by atoms with Crippen LogP contribution in [0.1, 0.15) is 17.4 Å².